The van der Waals surface area contributed by atoms with E-state index in [2.05, 4.69) is 5.32 Å². The van der Waals surface area contributed by atoms with E-state index in [9.17, 15) is 22.8 Å². The van der Waals surface area contributed by atoms with Crippen molar-refractivity contribution in [1.29, 1.82) is 0 Å². The normalized spacial score (nSPS) is 12.4. The number of carbonyl (C=O) groups excluding carboxylic acids is 2. The molecule has 0 saturated carbocycles. The van der Waals surface area contributed by atoms with Gasteiger partial charge < -0.3 is 15.4 Å². The highest BCUT2D eigenvalue weighted by Crippen LogP contribution is 2.27. The molecule has 2 aromatic carbocycles. The Labute approximate surface area is 167 Å². The van der Waals surface area contributed by atoms with Crippen LogP contribution in [0, 0.1) is 0 Å². The average molecular weight is 408 g/mol. The molecule has 0 aliphatic rings. The van der Waals surface area contributed by atoms with E-state index in [1.807, 2.05) is 38.1 Å². The summed E-state index contributed by atoms with van der Waals surface area (Å²) >= 11 is 0. The van der Waals surface area contributed by atoms with Crippen molar-refractivity contribution in [2.24, 2.45) is 0 Å². The van der Waals surface area contributed by atoms with Gasteiger partial charge in [-0.05, 0) is 42.2 Å². The number of carbonyl (C=O) groups is 2. The molecule has 0 radical (unpaired) electrons. The van der Waals surface area contributed by atoms with Gasteiger partial charge in [-0.15, -0.1) is 0 Å². The van der Waals surface area contributed by atoms with Crippen LogP contribution in [-0.4, -0.2) is 24.1 Å². The molecule has 2 amide bonds. The fourth-order valence-corrected chi connectivity index (χ4v) is 2.54. The Morgan fingerprint density at radius 2 is 1.62 bits per heavy atom. The van der Waals surface area contributed by atoms with Crippen LogP contribution in [0.15, 0.2) is 48.5 Å². The van der Waals surface area contributed by atoms with E-state index in [4.69, 9.17) is 4.74 Å². The van der Waals surface area contributed by atoms with Crippen LogP contribution in [0.2, 0.25) is 0 Å². The first-order chi connectivity index (χ1) is 13.6. The zero-order valence-electron chi connectivity index (χ0n) is 16.3. The second-order valence-electron chi connectivity index (χ2n) is 6.82. The summed E-state index contributed by atoms with van der Waals surface area (Å²) in [6.45, 7) is 5.43. The van der Waals surface area contributed by atoms with Crippen molar-refractivity contribution < 1.29 is 27.5 Å². The molecule has 0 aromatic heterocycles. The van der Waals surface area contributed by atoms with Gasteiger partial charge in [0.1, 0.15) is 5.75 Å². The molecule has 1 atom stereocenters. The lowest BCUT2D eigenvalue weighted by molar-refractivity contribution is -0.173. The van der Waals surface area contributed by atoms with Crippen LogP contribution in [0.4, 0.5) is 18.9 Å². The predicted molar refractivity (Wildman–Crippen MR) is 104 cm³/mol. The fourth-order valence-electron chi connectivity index (χ4n) is 2.54. The Morgan fingerprint density at radius 3 is 2.21 bits per heavy atom. The number of rotatable bonds is 7. The molecule has 2 rings (SSSR count). The van der Waals surface area contributed by atoms with Crippen molar-refractivity contribution in [1.82, 2.24) is 5.32 Å². The molecule has 0 heterocycles. The third-order valence-corrected chi connectivity index (χ3v) is 4.15. The van der Waals surface area contributed by atoms with Crippen LogP contribution in [0.1, 0.15) is 37.8 Å². The maximum absolute atomic E-state index is 12.4. The lowest BCUT2D eigenvalue weighted by Crippen LogP contribution is -2.36. The Bertz CT molecular complexity index is 849. The molecule has 0 saturated heterocycles. The summed E-state index contributed by atoms with van der Waals surface area (Å²) in [6.07, 6.45) is -5.67. The summed E-state index contributed by atoms with van der Waals surface area (Å²) in [5.41, 5.74) is 1.93. The Hall–Kier alpha value is -3.03. The summed E-state index contributed by atoms with van der Waals surface area (Å²) in [5, 5.41) is 4.48. The van der Waals surface area contributed by atoms with Crippen LogP contribution in [0.5, 0.6) is 5.75 Å². The lowest BCUT2D eigenvalue weighted by Gasteiger charge is -2.18. The summed E-state index contributed by atoms with van der Waals surface area (Å²) in [6, 6.07) is 13.6. The van der Waals surface area contributed by atoms with Gasteiger partial charge in [-0.25, -0.2) is 0 Å². The molecule has 2 aromatic rings. The molecule has 0 spiro atoms. The number of halogens is 3. The van der Waals surface area contributed by atoms with Gasteiger partial charge in [0.25, 0.3) is 5.91 Å². The van der Waals surface area contributed by atoms with E-state index in [1.165, 1.54) is 12.1 Å². The second-order valence-corrected chi connectivity index (χ2v) is 6.82. The second kappa shape index (κ2) is 9.45. The molecule has 156 valence electrons. The minimum absolute atomic E-state index is 0.242. The smallest absolute Gasteiger partial charge is 0.471 e. The van der Waals surface area contributed by atoms with Crippen LogP contribution < -0.4 is 15.4 Å². The molecule has 8 heteroatoms. The van der Waals surface area contributed by atoms with Crippen molar-refractivity contribution in [3.05, 3.63) is 59.7 Å². The first kappa shape index (κ1) is 22.3. The number of amides is 2. The van der Waals surface area contributed by atoms with Crippen LogP contribution in [-0.2, 0) is 16.1 Å². The Balaban J connectivity index is 1.93. The number of nitrogens with one attached hydrogen (secondary N) is 2. The monoisotopic (exact) mass is 408 g/mol. The highest BCUT2D eigenvalue weighted by atomic mass is 19.4. The number of benzene rings is 2. The van der Waals surface area contributed by atoms with Gasteiger partial charge in [0.2, 0.25) is 0 Å². The molecule has 2 N–H and O–H groups in total. The molecule has 0 aliphatic heterocycles. The molecule has 5 nitrogen and oxygen atoms in total. The average Bonchev–Trinajstić information content (AvgIpc) is 2.66. The van der Waals surface area contributed by atoms with Gasteiger partial charge in [0, 0.05) is 12.2 Å². The lowest BCUT2D eigenvalue weighted by atomic mass is 10.0. The molecule has 0 fully saturated rings. The van der Waals surface area contributed by atoms with Crippen molar-refractivity contribution >= 4 is 17.5 Å². The van der Waals surface area contributed by atoms with Crippen LogP contribution in [0.25, 0.3) is 0 Å². The van der Waals surface area contributed by atoms with Crippen molar-refractivity contribution in [3.63, 3.8) is 0 Å². The van der Waals surface area contributed by atoms with Crippen molar-refractivity contribution in [2.45, 2.75) is 45.5 Å². The van der Waals surface area contributed by atoms with Crippen molar-refractivity contribution in [3.8, 4) is 5.75 Å². The zero-order chi connectivity index (χ0) is 21.6. The summed E-state index contributed by atoms with van der Waals surface area (Å²) in [7, 11) is 0. The molecular weight excluding hydrogens is 385 g/mol. The maximum atomic E-state index is 12.4. The van der Waals surface area contributed by atoms with E-state index >= 15 is 0 Å². The molecule has 0 bridgehead atoms. The van der Waals surface area contributed by atoms with E-state index in [-0.39, 0.29) is 18.4 Å². The third kappa shape index (κ3) is 6.51. The largest absolute Gasteiger partial charge is 0.481 e. The highest BCUT2D eigenvalue weighted by Gasteiger charge is 2.38. The van der Waals surface area contributed by atoms with E-state index in [0.717, 1.165) is 5.56 Å². The molecule has 1 unspecified atom stereocenters. The summed E-state index contributed by atoms with van der Waals surface area (Å²) in [4.78, 5) is 23.2. The number of alkyl halides is 3. The number of hydrogen-bond donors (Lipinski definition) is 2. The Kier molecular flexibility index (Phi) is 7.25. The van der Waals surface area contributed by atoms with Crippen molar-refractivity contribution in [2.75, 3.05) is 5.32 Å². The van der Waals surface area contributed by atoms with Crippen LogP contribution >= 0.6 is 0 Å². The minimum atomic E-state index is -4.92. The van der Waals surface area contributed by atoms with Crippen LogP contribution in [0.3, 0.4) is 0 Å². The minimum Gasteiger partial charge on any atom is -0.481 e. The SMILES string of the molecule is CC(Oc1ccccc1C(C)C)C(=O)Nc1ccc(CNC(=O)C(F)(F)F)cc1. The fraction of sp³-hybridized carbons (Fsp3) is 0.333. The topological polar surface area (TPSA) is 67.4 Å². The maximum Gasteiger partial charge on any atom is 0.471 e. The quantitative estimate of drug-likeness (QED) is 0.714. The molecule has 0 aliphatic carbocycles. The van der Waals surface area contributed by atoms with Gasteiger partial charge in [-0.1, -0.05) is 44.2 Å². The van der Waals surface area contributed by atoms with Gasteiger partial charge in [0.05, 0.1) is 0 Å². The first-order valence-corrected chi connectivity index (χ1v) is 9.08. The van der Waals surface area contributed by atoms with E-state index < -0.39 is 18.2 Å². The first-order valence-electron chi connectivity index (χ1n) is 9.08. The van der Waals surface area contributed by atoms with E-state index in [1.54, 1.807) is 24.4 Å². The predicted octanol–water partition coefficient (Wildman–Crippen LogP) is 4.39. The van der Waals surface area contributed by atoms with Gasteiger partial charge in [-0.3, -0.25) is 9.59 Å². The van der Waals surface area contributed by atoms with Gasteiger partial charge in [0.15, 0.2) is 6.10 Å². The van der Waals surface area contributed by atoms with Gasteiger partial charge in [-0.2, -0.15) is 13.2 Å². The number of para-hydroxylation sites is 1. The highest BCUT2D eigenvalue weighted by molar-refractivity contribution is 5.94. The number of hydrogen-bond acceptors (Lipinski definition) is 3. The molecule has 29 heavy (non-hydrogen) atoms. The molecular formula is C21H23F3N2O3. The summed E-state index contributed by atoms with van der Waals surface area (Å²) < 4.78 is 42.4. The van der Waals surface area contributed by atoms with E-state index in [0.29, 0.717) is 17.0 Å². The number of anilines is 1. The number of ether oxygens (including phenoxy) is 1. The third-order valence-electron chi connectivity index (χ3n) is 4.15. The Morgan fingerprint density at radius 1 is 1.00 bits per heavy atom. The van der Waals surface area contributed by atoms with Gasteiger partial charge >= 0.3 is 12.1 Å². The standard InChI is InChI=1S/C21H23F3N2O3/c1-13(2)17-6-4-5-7-18(17)29-14(3)19(27)26-16-10-8-15(9-11-16)12-25-20(28)21(22,23)24/h4-11,13-14H,12H2,1-3H3,(H,25,28)(H,26,27). The zero-order valence-corrected chi connectivity index (χ0v) is 16.3. The summed E-state index contributed by atoms with van der Waals surface area (Å²) in [5.74, 6) is -1.48.